The van der Waals surface area contributed by atoms with Crippen molar-refractivity contribution in [3.05, 3.63) is 78.1 Å². The summed E-state index contributed by atoms with van der Waals surface area (Å²) in [6.07, 6.45) is 0.308. The summed E-state index contributed by atoms with van der Waals surface area (Å²) < 4.78 is 28.9. The second-order valence-electron chi connectivity index (χ2n) is 7.22. The summed E-state index contributed by atoms with van der Waals surface area (Å²) in [6.45, 7) is 2.14. The summed E-state index contributed by atoms with van der Waals surface area (Å²) in [6, 6.07) is 19.3. The van der Waals surface area contributed by atoms with Crippen molar-refractivity contribution in [1.29, 1.82) is 0 Å². The van der Waals surface area contributed by atoms with E-state index in [0.29, 0.717) is 22.9 Å². The molecule has 9 nitrogen and oxygen atoms in total. The largest absolute Gasteiger partial charge is 0.325 e. The molecule has 170 valence electrons. The number of hydrogen-bond donors (Lipinski definition) is 2. The number of benzene rings is 2. The van der Waals surface area contributed by atoms with Gasteiger partial charge in [-0.3, -0.25) is 4.79 Å². The Labute approximate surface area is 195 Å². The van der Waals surface area contributed by atoms with E-state index >= 15 is 0 Å². The second-order valence-corrected chi connectivity index (χ2v) is 9.98. The highest BCUT2D eigenvalue weighted by molar-refractivity contribution is 7.99. The van der Waals surface area contributed by atoms with Gasteiger partial charge < -0.3 is 5.32 Å². The zero-order valence-corrected chi connectivity index (χ0v) is 19.4. The molecule has 0 aliphatic carbocycles. The van der Waals surface area contributed by atoms with E-state index in [2.05, 4.69) is 25.3 Å². The van der Waals surface area contributed by atoms with Gasteiger partial charge in [-0.15, -0.1) is 10.2 Å². The minimum absolute atomic E-state index is 0.134. The number of fused-ring (bicyclic) bond motifs is 1. The normalized spacial score (nSPS) is 11.5. The molecule has 2 aromatic heterocycles. The van der Waals surface area contributed by atoms with Crippen LogP contribution in [0.3, 0.4) is 0 Å². The van der Waals surface area contributed by atoms with Crippen LogP contribution in [0.15, 0.2) is 76.7 Å². The van der Waals surface area contributed by atoms with Gasteiger partial charge in [0.2, 0.25) is 15.9 Å². The molecule has 33 heavy (non-hydrogen) atoms. The maximum atomic E-state index is 12.4. The van der Waals surface area contributed by atoms with E-state index in [-0.39, 0.29) is 23.1 Å². The molecule has 0 unspecified atom stereocenters. The van der Waals surface area contributed by atoms with Gasteiger partial charge in [0.25, 0.3) is 0 Å². The fraction of sp³-hybridized carbons (Fsp3) is 0.182. The van der Waals surface area contributed by atoms with Crippen molar-refractivity contribution >= 4 is 39.0 Å². The Bertz CT molecular complexity index is 1360. The molecule has 0 aliphatic rings. The van der Waals surface area contributed by atoms with Crippen LogP contribution in [0, 0.1) is 6.92 Å². The molecule has 0 radical (unpaired) electrons. The molecule has 2 aromatic carbocycles. The predicted molar refractivity (Wildman–Crippen MR) is 127 cm³/mol. The maximum absolute atomic E-state index is 12.4. The first kappa shape index (κ1) is 22.9. The van der Waals surface area contributed by atoms with E-state index < -0.39 is 10.0 Å². The van der Waals surface area contributed by atoms with Crippen molar-refractivity contribution in [3.8, 4) is 0 Å². The summed E-state index contributed by atoms with van der Waals surface area (Å²) >= 11 is 1.29. The highest BCUT2D eigenvalue weighted by Crippen LogP contribution is 2.17. The fourth-order valence-electron chi connectivity index (χ4n) is 3.00. The van der Waals surface area contributed by atoms with Crippen LogP contribution in [0.2, 0.25) is 0 Å². The van der Waals surface area contributed by atoms with E-state index in [1.54, 1.807) is 34.8 Å². The fourth-order valence-corrected chi connectivity index (χ4v) is 4.71. The average Bonchev–Trinajstić information content (AvgIpc) is 3.22. The van der Waals surface area contributed by atoms with E-state index in [1.165, 1.54) is 23.9 Å². The molecule has 0 saturated carbocycles. The molecule has 0 spiro atoms. The van der Waals surface area contributed by atoms with Crippen LogP contribution in [0.4, 0.5) is 5.69 Å². The molecular formula is C22H22N6O3S2. The molecule has 4 rings (SSSR count). The van der Waals surface area contributed by atoms with Gasteiger partial charge in [0.05, 0.1) is 10.6 Å². The molecule has 0 saturated heterocycles. The maximum Gasteiger partial charge on any atom is 0.240 e. The number of thioether (sulfide) groups is 1. The third-order valence-corrected chi connectivity index (χ3v) is 7.08. The smallest absolute Gasteiger partial charge is 0.240 e. The first-order valence-corrected chi connectivity index (χ1v) is 12.6. The van der Waals surface area contributed by atoms with Gasteiger partial charge in [0.15, 0.2) is 11.5 Å². The zero-order valence-electron chi connectivity index (χ0n) is 17.8. The zero-order chi connectivity index (χ0) is 23.3. The Kier molecular flexibility index (Phi) is 7.02. The van der Waals surface area contributed by atoms with E-state index in [9.17, 15) is 13.2 Å². The van der Waals surface area contributed by atoms with Crippen LogP contribution in [0.1, 0.15) is 11.4 Å². The number of aromatic nitrogens is 4. The van der Waals surface area contributed by atoms with Crippen molar-refractivity contribution < 1.29 is 13.2 Å². The van der Waals surface area contributed by atoms with Crippen LogP contribution in [0.5, 0.6) is 0 Å². The van der Waals surface area contributed by atoms with Gasteiger partial charge in [-0.1, -0.05) is 47.7 Å². The molecule has 4 aromatic rings. The SMILES string of the molecule is Cc1ccc(NC(=O)CSc2ccc3nnc(CCNS(=O)(=O)c4ccccc4)n3n2)cc1. The molecule has 1 amide bonds. The molecular weight excluding hydrogens is 460 g/mol. The number of carbonyl (C=O) groups is 1. The van der Waals surface area contributed by atoms with Gasteiger partial charge >= 0.3 is 0 Å². The summed E-state index contributed by atoms with van der Waals surface area (Å²) in [7, 11) is -3.60. The minimum atomic E-state index is -3.60. The number of nitrogens with zero attached hydrogens (tertiary/aromatic N) is 4. The molecule has 2 heterocycles. The van der Waals surface area contributed by atoms with Crippen LogP contribution in [0.25, 0.3) is 5.65 Å². The summed E-state index contributed by atoms with van der Waals surface area (Å²) in [5.74, 6) is 0.582. The molecule has 11 heteroatoms. The van der Waals surface area contributed by atoms with Crippen molar-refractivity contribution in [2.75, 3.05) is 17.6 Å². The number of aryl methyl sites for hydroxylation is 1. The number of nitrogens with one attached hydrogen (secondary N) is 2. The lowest BCUT2D eigenvalue weighted by molar-refractivity contribution is -0.113. The highest BCUT2D eigenvalue weighted by atomic mass is 32.2. The molecule has 0 atom stereocenters. The Balaban J connectivity index is 1.36. The number of rotatable bonds is 9. The van der Waals surface area contributed by atoms with Crippen LogP contribution < -0.4 is 10.0 Å². The number of carbonyl (C=O) groups excluding carboxylic acids is 1. The summed E-state index contributed by atoms with van der Waals surface area (Å²) in [5, 5.41) is 16.2. The number of sulfonamides is 1. The lowest BCUT2D eigenvalue weighted by atomic mass is 10.2. The van der Waals surface area contributed by atoms with Gasteiger partial charge in [-0.2, -0.15) is 9.61 Å². The van der Waals surface area contributed by atoms with Crippen molar-refractivity contribution in [1.82, 2.24) is 24.5 Å². The first-order valence-electron chi connectivity index (χ1n) is 10.2. The quantitative estimate of drug-likeness (QED) is 0.352. The Hall–Kier alpha value is -3.28. The molecule has 0 fully saturated rings. The van der Waals surface area contributed by atoms with Gasteiger partial charge in [0, 0.05) is 18.7 Å². The third kappa shape index (κ3) is 5.95. The number of hydrogen-bond acceptors (Lipinski definition) is 7. The molecule has 0 aliphatic heterocycles. The summed E-state index contributed by atoms with van der Waals surface area (Å²) in [4.78, 5) is 12.5. The minimum Gasteiger partial charge on any atom is -0.325 e. The van der Waals surface area contributed by atoms with Crippen LogP contribution in [-0.4, -0.2) is 46.4 Å². The van der Waals surface area contributed by atoms with Gasteiger partial charge in [-0.05, 0) is 43.3 Å². The highest BCUT2D eigenvalue weighted by Gasteiger charge is 2.14. The topological polar surface area (TPSA) is 118 Å². The monoisotopic (exact) mass is 482 g/mol. The van der Waals surface area contributed by atoms with E-state index in [0.717, 1.165) is 11.3 Å². The Morgan fingerprint density at radius 3 is 2.52 bits per heavy atom. The second kappa shape index (κ2) is 10.1. The van der Waals surface area contributed by atoms with Crippen LogP contribution >= 0.6 is 11.8 Å². The average molecular weight is 483 g/mol. The van der Waals surface area contributed by atoms with Crippen molar-refractivity contribution in [2.45, 2.75) is 23.3 Å². The third-order valence-electron chi connectivity index (χ3n) is 4.68. The lowest BCUT2D eigenvalue weighted by Gasteiger charge is -2.07. The predicted octanol–water partition coefficient (Wildman–Crippen LogP) is 2.68. The first-order chi connectivity index (χ1) is 15.9. The van der Waals surface area contributed by atoms with Gasteiger partial charge in [0.1, 0.15) is 5.03 Å². The standard InChI is InChI=1S/C22H22N6O3S2/c1-16-7-9-17(10-8-16)24-21(29)15-32-22-12-11-19-25-26-20(28(19)27-22)13-14-23-33(30,31)18-5-3-2-4-6-18/h2-12,23H,13-15H2,1H3,(H,24,29). The summed E-state index contributed by atoms with van der Waals surface area (Å²) in [5.41, 5.74) is 2.41. The van der Waals surface area contributed by atoms with E-state index in [1.807, 2.05) is 31.2 Å². The lowest BCUT2D eigenvalue weighted by Crippen LogP contribution is -2.26. The number of anilines is 1. The Morgan fingerprint density at radius 1 is 1.00 bits per heavy atom. The van der Waals surface area contributed by atoms with Gasteiger partial charge in [-0.25, -0.2) is 13.1 Å². The van der Waals surface area contributed by atoms with Crippen molar-refractivity contribution in [2.24, 2.45) is 0 Å². The van der Waals surface area contributed by atoms with E-state index in [4.69, 9.17) is 0 Å². The van der Waals surface area contributed by atoms with Crippen LogP contribution in [-0.2, 0) is 21.2 Å². The Morgan fingerprint density at radius 2 is 1.76 bits per heavy atom. The molecule has 2 N–H and O–H groups in total. The number of amides is 1. The van der Waals surface area contributed by atoms with Crippen molar-refractivity contribution in [3.63, 3.8) is 0 Å². The molecule has 0 bridgehead atoms.